The normalized spacial score (nSPS) is 27.3. The zero-order valence-corrected chi connectivity index (χ0v) is 12.8. The molecule has 1 N–H and O–H groups in total. The van der Waals surface area contributed by atoms with Gasteiger partial charge >= 0.3 is 0 Å². The van der Waals surface area contributed by atoms with Crippen molar-refractivity contribution in [1.29, 1.82) is 0 Å². The van der Waals surface area contributed by atoms with E-state index in [0.717, 1.165) is 12.8 Å². The van der Waals surface area contributed by atoms with E-state index in [4.69, 9.17) is 4.74 Å². The Morgan fingerprint density at radius 2 is 1.95 bits per heavy atom. The molecule has 0 aliphatic carbocycles. The largest absolute Gasteiger partial charge is 0.389 e. The second-order valence-corrected chi connectivity index (χ2v) is 5.73. The molecule has 0 spiro atoms. The van der Waals surface area contributed by atoms with Gasteiger partial charge in [-0.25, -0.2) is 0 Å². The van der Waals surface area contributed by atoms with Crippen molar-refractivity contribution < 1.29 is 14.6 Å². The van der Waals surface area contributed by atoms with Crippen LogP contribution < -0.4 is 0 Å². The minimum Gasteiger partial charge on any atom is -0.389 e. The summed E-state index contributed by atoms with van der Waals surface area (Å²) in [6, 6.07) is 0.768. The summed E-state index contributed by atoms with van der Waals surface area (Å²) < 4.78 is 4.88. The maximum atomic E-state index is 12.4. The van der Waals surface area contributed by atoms with Crippen LogP contribution in [0, 0.1) is 0 Å². The summed E-state index contributed by atoms with van der Waals surface area (Å²) in [5.74, 6) is 0.0655. The van der Waals surface area contributed by atoms with E-state index in [9.17, 15) is 9.90 Å². The Kier molecular flexibility index (Phi) is 6.23. The lowest BCUT2D eigenvalue weighted by Gasteiger charge is -2.34. The number of ether oxygens (including phenoxy) is 1. The van der Waals surface area contributed by atoms with Crippen molar-refractivity contribution in [3.63, 3.8) is 0 Å². The van der Waals surface area contributed by atoms with Crippen molar-refractivity contribution >= 4 is 5.91 Å². The van der Waals surface area contributed by atoms with Crippen LogP contribution >= 0.6 is 0 Å². The molecular weight excluding hydrogens is 244 g/mol. The highest BCUT2D eigenvalue weighted by molar-refractivity contribution is 5.81. The van der Waals surface area contributed by atoms with E-state index in [-0.39, 0.29) is 18.6 Å². The fourth-order valence-electron chi connectivity index (χ4n) is 3.08. The molecule has 0 bridgehead atoms. The standard InChI is InChI=1S/C14H28N2O3/c1-10-6-7-11(2)16(10)12(3)14(18)15(4)8-13(17)9-19-5/h10-13,17H,6-9H2,1-5H3/t10-,11+,12-,13-/m1/s1. The summed E-state index contributed by atoms with van der Waals surface area (Å²) in [7, 11) is 3.28. The van der Waals surface area contributed by atoms with Crippen molar-refractivity contribution in [2.75, 3.05) is 27.3 Å². The highest BCUT2D eigenvalue weighted by Crippen LogP contribution is 2.26. The molecule has 0 saturated carbocycles. The van der Waals surface area contributed by atoms with Gasteiger partial charge in [0.1, 0.15) is 0 Å². The van der Waals surface area contributed by atoms with Gasteiger partial charge in [-0.3, -0.25) is 9.69 Å². The number of rotatable bonds is 6. The SMILES string of the molecule is COC[C@H](O)CN(C)C(=O)[C@@H](C)N1[C@H](C)CC[C@@H]1C. The topological polar surface area (TPSA) is 53.0 Å². The second-order valence-electron chi connectivity index (χ2n) is 5.73. The number of likely N-dealkylation sites (N-methyl/N-ethyl adjacent to an activating group) is 1. The summed E-state index contributed by atoms with van der Waals surface area (Å²) in [6.45, 7) is 6.87. The Hall–Kier alpha value is -0.650. The van der Waals surface area contributed by atoms with E-state index in [1.54, 1.807) is 19.1 Å². The molecule has 19 heavy (non-hydrogen) atoms. The predicted octanol–water partition coefficient (Wildman–Crippen LogP) is 0.713. The van der Waals surface area contributed by atoms with Crippen LogP contribution in [-0.4, -0.2) is 72.4 Å². The Labute approximate surface area is 116 Å². The van der Waals surface area contributed by atoms with Gasteiger partial charge in [0.15, 0.2) is 0 Å². The van der Waals surface area contributed by atoms with Gasteiger partial charge in [0.05, 0.1) is 18.8 Å². The fraction of sp³-hybridized carbons (Fsp3) is 0.929. The third-order valence-electron chi connectivity index (χ3n) is 4.04. The molecule has 1 aliphatic heterocycles. The number of hydrogen-bond donors (Lipinski definition) is 1. The number of aliphatic hydroxyl groups excluding tert-OH is 1. The number of carbonyl (C=O) groups is 1. The van der Waals surface area contributed by atoms with Crippen molar-refractivity contribution in [2.24, 2.45) is 0 Å². The first-order valence-electron chi connectivity index (χ1n) is 7.07. The number of aliphatic hydroxyl groups is 1. The van der Waals surface area contributed by atoms with Crippen LogP contribution in [0.5, 0.6) is 0 Å². The maximum absolute atomic E-state index is 12.4. The Morgan fingerprint density at radius 1 is 1.42 bits per heavy atom. The zero-order chi connectivity index (χ0) is 14.6. The number of likely N-dealkylation sites (tertiary alicyclic amines) is 1. The van der Waals surface area contributed by atoms with Crippen LogP contribution in [0.15, 0.2) is 0 Å². The molecule has 1 amide bonds. The molecule has 1 rings (SSSR count). The lowest BCUT2D eigenvalue weighted by atomic mass is 10.2. The van der Waals surface area contributed by atoms with Gasteiger partial charge in [-0.2, -0.15) is 0 Å². The van der Waals surface area contributed by atoms with E-state index >= 15 is 0 Å². The van der Waals surface area contributed by atoms with Gasteiger partial charge in [-0.05, 0) is 33.6 Å². The smallest absolute Gasteiger partial charge is 0.239 e. The van der Waals surface area contributed by atoms with Crippen LogP contribution in [0.1, 0.15) is 33.6 Å². The van der Waals surface area contributed by atoms with Crippen molar-refractivity contribution in [2.45, 2.75) is 57.8 Å². The van der Waals surface area contributed by atoms with Gasteiger partial charge in [0.25, 0.3) is 0 Å². The molecule has 1 saturated heterocycles. The van der Waals surface area contributed by atoms with Gasteiger partial charge in [-0.1, -0.05) is 0 Å². The Bertz CT molecular complexity index is 288. The summed E-state index contributed by atoms with van der Waals surface area (Å²) in [6.07, 6.45) is 1.67. The van der Waals surface area contributed by atoms with Crippen molar-refractivity contribution in [3.05, 3.63) is 0 Å². The molecule has 112 valence electrons. The summed E-state index contributed by atoms with van der Waals surface area (Å²) in [5, 5.41) is 9.69. The zero-order valence-electron chi connectivity index (χ0n) is 12.8. The van der Waals surface area contributed by atoms with Crippen molar-refractivity contribution in [3.8, 4) is 0 Å². The number of carbonyl (C=O) groups excluding carboxylic acids is 1. The van der Waals surface area contributed by atoms with Crippen molar-refractivity contribution in [1.82, 2.24) is 9.80 Å². The molecule has 0 aromatic heterocycles. The van der Waals surface area contributed by atoms with E-state index in [2.05, 4.69) is 18.7 Å². The number of nitrogens with zero attached hydrogens (tertiary/aromatic N) is 2. The Balaban J connectivity index is 2.56. The molecule has 5 nitrogen and oxygen atoms in total. The van der Waals surface area contributed by atoms with Gasteiger partial charge in [0, 0.05) is 32.8 Å². The average molecular weight is 272 g/mol. The maximum Gasteiger partial charge on any atom is 0.239 e. The summed E-state index contributed by atoms with van der Waals surface area (Å²) >= 11 is 0. The molecule has 0 aromatic rings. The van der Waals surface area contributed by atoms with Crippen LogP contribution in [0.25, 0.3) is 0 Å². The summed E-state index contributed by atoms with van der Waals surface area (Å²) in [5.41, 5.74) is 0. The van der Waals surface area contributed by atoms with Crippen LogP contribution in [-0.2, 0) is 9.53 Å². The quantitative estimate of drug-likeness (QED) is 0.774. The van der Waals surface area contributed by atoms with E-state index < -0.39 is 6.10 Å². The number of amides is 1. The van der Waals surface area contributed by atoms with Gasteiger partial charge < -0.3 is 14.7 Å². The molecule has 0 unspecified atom stereocenters. The second kappa shape index (κ2) is 7.22. The van der Waals surface area contributed by atoms with Gasteiger partial charge in [-0.15, -0.1) is 0 Å². The molecule has 4 atom stereocenters. The van der Waals surface area contributed by atoms with Crippen LogP contribution in [0.3, 0.4) is 0 Å². The minimum atomic E-state index is -0.625. The lowest BCUT2D eigenvalue weighted by Crippen LogP contribution is -2.51. The Morgan fingerprint density at radius 3 is 2.42 bits per heavy atom. The molecule has 0 radical (unpaired) electrons. The van der Waals surface area contributed by atoms with Gasteiger partial charge in [0.2, 0.25) is 5.91 Å². The molecule has 1 heterocycles. The van der Waals surface area contributed by atoms with E-state index in [1.165, 1.54) is 0 Å². The number of methoxy groups -OCH3 is 1. The minimum absolute atomic E-state index is 0.0655. The monoisotopic (exact) mass is 272 g/mol. The highest BCUT2D eigenvalue weighted by Gasteiger charge is 2.35. The van der Waals surface area contributed by atoms with Crippen LogP contribution in [0.4, 0.5) is 0 Å². The third kappa shape index (κ3) is 4.16. The van der Waals surface area contributed by atoms with E-state index in [0.29, 0.717) is 18.6 Å². The van der Waals surface area contributed by atoms with Crippen LogP contribution in [0.2, 0.25) is 0 Å². The fourth-order valence-corrected chi connectivity index (χ4v) is 3.08. The number of hydrogen-bond acceptors (Lipinski definition) is 4. The first-order chi connectivity index (χ1) is 8.88. The summed E-state index contributed by atoms with van der Waals surface area (Å²) in [4.78, 5) is 16.3. The molecular formula is C14H28N2O3. The third-order valence-corrected chi connectivity index (χ3v) is 4.04. The highest BCUT2D eigenvalue weighted by atomic mass is 16.5. The first kappa shape index (κ1) is 16.4. The molecule has 5 heteroatoms. The first-order valence-corrected chi connectivity index (χ1v) is 7.07. The predicted molar refractivity (Wildman–Crippen MR) is 75.0 cm³/mol. The molecule has 1 aliphatic rings. The van der Waals surface area contributed by atoms with E-state index in [1.807, 2.05) is 6.92 Å². The lowest BCUT2D eigenvalue weighted by molar-refractivity contribution is -0.137. The molecule has 1 fully saturated rings. The average Bonchev–Trinajstić information content (AvgIpc) is 2.67. The molecule has 0 aromatic carbocycles.